The van der Waals surface area contributed by atoms with Gasteiger partial charge in [-0.2, -0.15) is 0 Å². The number of nitrogens with zero attached hydrogens (tertiary/aromatic N) is 1. The third-order valence-electron chi connectivity index (χ3n) is 2.94. The average Bonchev–Trinajstić information content (AvgIpc) is 2.39. The number of carbonyl (C=O) groups excluding carboxylic acids is 2. The van der Waals surface area contributed by atoms with E-state index in [1.165, 1.54) is 0 Å². The topological polar surface area (TPSA) is 49.4 Å². The summed E-state index contributed by atoms with van der Waals surface area (Å²) in [4.78, 5) is 25.8. The lowest BCUT2D eigenvalue weighted by Gasteiger charge is -2.29. The zero-order chi connectivity index (χ0) is 13.3. The quantitative estimate of drug-likeness (QED) is 0.780. The van der Waals surface area contributed by atoms with E-state index in [2.05, 4.69) is 27.9 Å². The molecule has 0 aromatic heterocycles. The smallest absolute Gasteiger partial charge is 0.252 e. The molecule has 0 unspecified atom stereocenters. The van der Waals surface area contributed by atoms with Gasteiger partial charge in [-0.25, -0.2) is 0 Å². The van der Waals surface area contributed by atoms with E-state index in [0.717, 1.165) is 9.26 Å². The Morgan fingerprint density at radius 2 is 1.94 bits per heavy atom. The van der Waals surface area contributed by atoms with Gasteiger partial charge in [0.1, 0.15) is 5.54 Å². The molecule has 0 radical (unpaired) electrons. The number of halogens is 1. The standard InChI is InChI=1S/C13H15IN2O2/c1-13(2)12(18)16(8-7-11(17)15-13)10-6-4-3-5-9(10)14/h3-6H,7-8H2,1-2H3,(H,15,17). The number of benzene rings is 1. The molecule has 1 heterocycles. The number of nitrogens with one attached hydrogen (secondary N) is 1. The third-order valence-corrected chi connectivity index (χ3v) is 3.85. The van der Waals surface area contributed by atoms with Gasteiger partial charge in [-0.3, -0.25) is 9.59 Å². The Hall–Kier alpha value is -1.11. The first-order valence-electron chi connectivity index (χ1n) is 5.79. The molecule has 2 amide bonds. The van der Waals surface area contributed by atoms with Gasteiger partial charge < -0.3 is 10.2 Å². The summed E-state index contributed by atoms with van der Waals surface area (Å²) in [5.41, 5.74) is 0.0136. The minimum Gasteiger partial charge on any atom is -0.342 e. The highest BCUT2D eigenvalue weighted by Crippen LogP contribution is 2.26. The lowest BCUT2D eigenvalue weighted by Crippen LogP contribution is -2.53. The van der Waals surface area contributed by atoms with E-state index in [4.69, 9.17) is 0 Å². The molecule has 0 bridgehead atoms. The van der Waals surface area contributed by atoms with Crippen molar-refractivity contribution in [3.63, 3.8) is 0 Å². The maximum atomic E-state index is 12.5. The number of amides is 2. The molecule has 0 saturated carbocycles. The highest BCUT2D eigenvalue weighted by molar-refractivity contribution is 14.1. The van der Waals surface area contributed by atoms with Gasteiger partial charge in [-0.05, 0) is 48.6 Å². The van der Waals surface area contributed by atoms with Gasteiger partial charge in [-0.1, -0.05) is 12.1 Å². The van der Waals surface area contributed by atoms with Crippen LogP contribution in [0.15, 0.2) is 24.3 Å². The molecule has 1 aliphatic rings. The van der Waals surface area contributed by atoms with Gasteiger partial charge >= 0.3 is 0 Å². The van der Waals surface area contributed by atoms with Crippen LogP contribution in [0.2, 0.25) is 0 Å². The molecule has 96 valence electrons. The van der Waals surface area contributed by atoms with Crippen LogP contribution in [0.1, 0.15) is 20.3 Å². The molecule has 5 heteroatoms. The van der Waals surface area contributed by atoms with Crippen LogP contribution < -0.4 is 10.2 Å². The zero-order valence-electron chi connectivity index (χ0n) is 10.4. The molecule has 2 rings (SSSR count). The predicted molar refractivity (Wildman–Crippen MR) is 78.4 cm³/mol. The van der Waals surface area contributed by atoms with E-state index in [1.807, 2.05) is 24.3 Å². The first-order valence-corrected chi connectivity index (χ1v) is 6.87. The van der Waals surface area contributed by atoms with Crippen molar-refractivity contribution in [2.24, 2.45) is 0 Å². The minimum absolute atomic E-state index is 0.0718. The number of para-hydroxylation sites is 1. The Bertz CT molecular complexity index is 500. The van der Waals surface area contributed by atoms with Crippen LogP contribution in [-0.4, -0.2) is 23.9 Å². The Morgan fingerprint density at radius 1 is 1.28 bits per heavy atom. The lowest BCUT2D eigenvalue weighted by atomic mass is 10.0. The normalized spacial score (nSPS) is 19.4. The molecular formula is C13H15IN2O2. The fraction of sp³-hybridized carbons (Fsp3) is 0.385. The van der Waals surface area contributed by atoms with E-state index >= 15 is 0 Å². The van der Waals surface area contributed by atoms with E-state index in [-0.39, 0.29) is 11.8 Å². The van der Waals surface area contributed by atoms with Gasteiger partial charge in [0, 0.05) is 16.5 Å². The highest BCUT2D eigenvalue weighted by Gasteiger charge is 2.37. The first-order chi connectivity index (χ1) is 8.42. The summed E-state index contributed by atoms with van der Waals surface area (Å²) in [5, 5.41) is 2.75. The SMILES string of the molecule is CC1(C)NC(=O)CCN(c2ccccc2I)C1=O. The summed E-state index contributed by atoms with van der Waals surface area (Å²) < 4.78 is 1.01. The monoisotopic (exact) mass is 358 g/mol. The number of hydrogen-bond donors (Lipinski definition) is 1. The van der Waals surface area contributed by atoms with Gasteiger partial charge in [-0.15, -0.1) is 0 Å². The molecule has 4 nitrogen and oxygen atoms in total. The summed E-state index contributed by atoms with van der Waals surface area (Å²) in [5.74, 6) is -0.153. The summed E-state index contributed by atoms with van der Waals surface area (Å²) >= 11 is 2.20. The predicted octanol–water partition coefficient (Wildman–Crippen LogP) is 1.92. The lowest BCUT2D eigenvalue weighted by molar-refractivity contribution is -0.128. The fourth-order valence-corrected chi connectivity index (χ4v) is 2.70. The first kappa shape index (κ1) is 13.3. The number of rotatable bonds is 1. The van der Waals surface area contributed by atoms with Crippen LogP contribution >= 0.6 is 22.6 Å². The molecule has 1 aromatic carbocycles. The molecular weight excluding hydrogens is 343 g/mol. The molecule has 1 fully saturated rings. The molecule has 1 aromatic rings. The molecule has 18 heavy (non-hydrogen) atoms. The number of carbonyl (C=O) groups is 2. The number of hydrogen-bond acceptors (Lipinski definition) is 2. The van der Waals surface area contributed by atoms with Crippen molar-refractivity contribution in [3.05, 3.63) is 27.8 Å². The Labute approximate surface area is 120 Å². The van der Waals surface area contributed by atoms with Crippen molar-refractivity contribution in [2.45, 2.75) is 25.8 Å². The summed E-state index contributed by atoms with van der Waals surface area (Å²) in [7, 11) is 0. The molecule has 1 aliphatic heterocycles. The maximum Gasteiger partial charge on any atom is 0.252 e. The largest absolute Gasteiger partial charge is 0.342 e. The van der Waals surface area contributed by atoms with Crippen LogP contribution in [0.5, 0.6) is 0 Å². The zero-order valence-corrected chi connectivity index (χ0v) is 12.5. The Kier molecular flexibility index (Phi) is 3.61. The minimum atomic E-state index is -0.855. The fourth-order valence-electron chi connectivity index (χ4n) is 2.02. The van der Waals surface area contributed by atoms with Crippen molar-refractivity contribution in [2.75, 3.05) is 11.4 Å². The van der Waals surface area contributed by atoms with Crippen molar-refractivity contribution < 1.29 is 9.59 Å². The maximum absolute atomic E-state index is 12.5. The van der Waals surface area contributed by atoms with E-state index in [0.29, 0.717) is 13.0 Å². The van der Waals surface area contributed by atoms with Crippen LogP contribution in [0.4, 0.5) is 5.69 Å². The van der Waals surface area contributed by atoms with Crippen LogP contribution in [0, 0.1) is 3.57 Å². The molecule has 1 N–H and O–H groups in total. The summed E-state index contributed by atoms with van der Waals surface area (Å²) in [6.45, 7) is 3.90. The molecule has 0 aliphatic carbocycles. The second-order valence-electron chi connectivity index (χ2n) is 4.83. The highest BCUT2D eigenvalue weighted by atomic mass is 127. The summed E-state index contributed by atoms with van der Waals surface area (Å²) in [6, 6.07) is 7.70. The van der Waals surface area contributed by atoms with Crippen molar-refractivity contribution in [3.8, 4) is 0 Å². The van der Waals surface area contributed by atoms with Crippen LogP contribution in [0.3, 0.4) is 0 Å². The molecule has 0 atom stereocenters. The van der Waals surface area contributed by atoms with Crippen molar-refractivity contribution in [1.29, 1.82) is 0 Å². The molecule has 0 spiro atoms. The second kappa shape index (κ2) is 4.87. The van der Waals surface area contributed by atoms with Crippen LogP contribution in [-0.2, 0) is 9.59 Å². The van der Waals surface area contributed by atoms with Crippen molar-refractivity contribution >= 4 is 40.1 Å². The molecule has 1 saturated heterocycles. The van der Waals surface area contributed by atoms with Gasteiger partial charge in [0.25, 0.3) is 5.91 Å². The van der Waals surface area contributed by atoms with Crippen molar-refractivity contribution in [1.82, 2.24) is 5.32 Å². The second-order valence-corrected chi connectivity index (χ2v) is 5.99. The van der Waals surface area contributed by atoms with E-state index < -0.39 is 5.54 Å². The van der Waals surface area contributed by atoms with Gasteiger partial charge in [0.2, 0.25) is 5.91 Å². The number of anilines is 1. The Morgan fingerprint density at radius 3 is 2.61 bits per heavy atom. The average molecular weight is 358 g/mol. The Balaban J connectivity index is 2.41. The third kappa shape index (κ3) is 2.50. The van der Waals surface area contributed by atoms with Gasteiger partial charge in [0.15, 0.2) is 0 Å². The summed E-state index contributed by atoms with van der Waals surface area (Å²) in [6.07, 6.45) is 0.333. The van der Waals surface area contributed by atoms with E-state index in [9.17, 15) is 9.59 Å². The van der Waals surface area contributed by atoms with Gasteiger partial charge in [0.05, 0.1) is 5.69 Å². The van der Waals surface area contributed by atoms with Crippen LogP contribution in [0.25, 0.3) is 0 Å². The van der Waals surface area contributed by atoms with E-state index in [1.54, 1.807) is 18.7 Å².